The first kappa shape index (κ1) is 16.4. The van der Waals surface area contributed by atoms with Crippen LogP contribution in [-0.2, 0) is 29.5 Å². The van der Waals surface area contributed by atoms with Crippen LogP contribution in [-0.4, -0.2) is 18.1 Å². The van der Waals surface area contributed by atoms with Crippen molar-refractivity contribution in [3.8, 4) is 0 Å². The Kier molecular flexibility index (Phi) is 16.4. The van der Waals surface area contributed by atoms with Gasteiger partial charge in [0, 0.05) is 20.4 Å². The van der Waals surface area contributed by atoms with Crippen LogP contribution in [0.2, 0.25) is 0 Å². The molecule has 0 amide bonds. The van der Waals surface area contributed by atoms with Crippen molar-refractivity contribution < 1.29 is 34.4 Å². The normalized spacial score (nSPS) is 10.2. The van der Waals surface area contributed by atoms with E-state index in [-0.39, 0.29) is 20.4 Å². The molecule has 0 fully saturated rings. The monoisotopic (exact) mass is 300 g/mol. The SMILES string of the molecule is CCCCOP(O)OCCCC.[Pd]. The largest absolute Gasteiger partial charge is 0.329 e. The summed E-state index contributed by atoms with van der Waals surface area (Å²) in [7, 11) is -1.60. The van der Waals surface area contributed by atoms with Crippen molar-refractivity contribution in [2.75, 3.05) is 13.2 Å². The Bertz CT molecular complexity index is 85.5. The average molecular weight is 301 g/mol. The molecule has 0 rings (SSSR count). The van der Waals surface area contributed by atoms with Gasteiger partial charge in [0.15, 0.2) is 0 Å². The Balaban J connectivity index is 0. The topological polar surface area (TPSA) is 38.7 Å². The van der Waals surface area contributed by atoms with Gasteiger partial charge >= 0.3 is 8.60 Å². The molecule has 0 aliphatic carbocycles. The fourth-order valence-electron chi connectivity index (χ4n) is 0.611. The van der Waals surface area contributed by atoms with Gasteiger partial charge < -0.3 is 13.9 Å². The van der Waals surface area contributed by atoms with E-state index in [0.717, 1.165) is 25.7 Å². The molecular weight excluding hydrogens is 281 g/mol. The minimum atomic E-state index is -1.60. The standard InChI is InChI=1S/C8H19O3P.Pd/c1-3-5-7-10-12(9)11-8-6-4-2;/h9H,3-8H2,1-2H3;. The van der Waals surface area contributed by atoms with Crippen molar-refractivity contribution in [2.45, 2.75) is 39.5 Å². The summed E-state index contributed by atoms with van der Waals surface area (Å²) in [6.07, 6.45) is 4.13. The molecule has 0 aromatic carbocycles. The van der Waals surface area contributed by atoms with Crippen LogP contribution < -0.4 is 0 Å². The Hall–Kier alpha value is 0.972. The molecule has 0 spiro atoms. The summed E-state index contributed by atoms with van der Waals surface area (Å²) in [6.45, 7) is 5.37. The van der Waals surface area contributed by atoms with Gasteiger partial charge in [-0.3, -0.25) is 0 Å². The van der Waals surface area contributed by atoms with Crippen LogP contribution in [0, 0.1) is 0 Å². The van der Waals surface area contributed by atoms with Crippen molar-refractivity contribution in [1.29, 1.82) is 0 Å². The van der Waals surface area contributed by atoms with Gasteiger partial charge in [-0.25, -0.2) is 0 Å². The molecular formula is C8H19O3PPd. The third kappa shape index (κ3) is 13.0. The van der Waals surface area contributed by atoms with Crippen LogP contribution in [0.3, 0.4) is 0 Å². The van der Waals surface area contributed by atoms with E-state index < -0.39 is 8.60 Å². The summed E-state index contributed by atoms with van der Waals surface area (Å²) in [5.41, 5.74) is 0. The molecule has 5 heteroatoms. The summed E-state index contributed by atoms with van der Waals surface area (Å²) < 4.78 is 10.1. The Morgan fingerprint density at radius 1 is 1.00 bits per heavy atom. The van der Waals surface area contributed by atoms with Crippen LogP contribution in [0.25, 0.3) is 0 Å². The van der Waals surface area contributed by atoms with Crippen molar-refractivity contribution in [1.82, 2.24) is 0 Å². The predicted molar refractivity (Wildman–Crippen MR) is 50.9 cm³/mol. The Morgan fingerprint density at radius 3 is 1.69 bits per heavy atom. The van der Waals surface area contributed by atoms with Gasteiger partial charge in [-0.1, -0.05) is 26.7 Å². The maximum absolute atomic E-state index is 9.12. The molecule has 1 N–H and O–H groups in total. The molecule has 0 aliphatic heterocycles. The molecule has 0 radical (unpaired) electrons. The average Bonchev–Trinajstić information content (AvgIpc) is 2.06. The molecule has 84 valence electrons. The number of hydrogen-bond acceptors (Lipinski definition) is 3. The van der Waals surface area contributed by atoms with Crippen LogP contribution in [0.5, 0.6) is 0 Å². The van der Waals surface area contributed by atoms with E-state index in [1.54, 1.807) is 0 Å². The van der Waals surface area contributed by atoms with Gasteiger partial charge in [0.25, 0.3) is 0 Å². The predicted octanol–water partition coefficient (Wildman–Crippen LogP) is 2.84. The molecule has 0 unspecified atom stereocenters. The second-order valence-electron chi connectivity index (χ2n) is 2.61. The fraction of sp³-hybridized carbons (Fsp3) is 1.00. The molecule has 0 bridgehead atoms. The van der Waals surface area contributed by atoms with Crippen LogP contribution >= 0.6 is 8.60 Å². The smallest absolute Gasteiger partial charge is 0.328 e. The number of hydrogen-bond donors (Lipinski definition) is 1. The summed E-state index contributed by atoms with van der Waals surface area (Å²) in [4.78, 5) is 9.12. The molecule has 0 saturated carbocycles. The van der Waals surface area contributed by atoms with Gasteiger partial charge in [-0.05, 0) is 12.8 Å². The maximum Gasteiger partial charge on any atom is 0.329 e. The van der Waals surface area contributed by atoms with Crippen molar-refractivity contribution in [3.05, 3.63) is 0 Å². The molecule has 3 nitrogen and oxygen atoms in total. The van der Waals surface area contributed by atoms with Crippen LogP contribution in [0.1, 0.15) is 39.5 Å². The van der Waals surface area contributed by atoms with Gasteiger partial charge in [0.1, 0.15) is 0 Å². The molecule has 0 atom stereocenters. The molecule has 0 aromatic heterocycles. The zero-order valence-corrected chi connectivity index (χ0v) is 10.7. The maximum atomic E-state index is 9.12. The second kappa shape index (κ2) is 13.0. The van der Waals surface area contributed by atoms with Gasteiger partial charge in [-0.15, -0.1) is 0 Å². The Labute approximate surface area is 95.9 Å². The fourth-order valence-corrected chi connectivity index (χ4v) is 1.26. The van der Waals surface area contributed by atoms with Gasteiger partial charge in [0.05, 0.1) is 13.2 Å². The zero-order valence-electron chi connectivity index (χ0n) is 8.27. The number of rotatable bonds is 8. The van der Waals surface area contributed by atoms with Crippen LogP contribution in [0.15, 0.2) is 0 Å². The quantitative estimate of drug-likeness (QED) is 0.425. The first-order valence-corrected chi connectivity index (χ1v) is 5.69. The first-order valence-electron chi connectivity index (χ1n) is 4.56. The number of unbranched alkanes of at least 4 members (excludes halogenated alkanes) is 2. The van der Waals surface area contributed by atoms with E-state index in [9.17, 15) is 0 Å². The summed E-state index contributed by atoms with van der Waals surface area (Å²) in [5.74, 6) is 0. The van der Waals surface area contributed by atoms with E-state index in [4.69, 9.17) is 13.9 Å². The molecule has 0 aliphatic rings. The van der Waals surface area contributed by atoms with Crippen molar-refractivity contribution >= 4 is 8.60 Å². The zero-order chi connectivity index (χ0) is 9.23. The Morgan fingerprint density at radius 2 is 1.38 bits per heavy atom. The molecule has 0 heterocycles. The summed E-state index contributed by atoms with van der Waals surface area (Å²) >= 11 is 0. The van der Waals surface area contributed by atoms with Crippen LogP contribution in [0.4, 0.5) is 0 Å². The van der Waals surface area contributed by atoms with Crippen molar-refractivity contribution in [2.24, 2.45) is 0 Å². The molecule has 0 aromatic rings. The van der Waals surface area contributed by atoms with E-state index in [0.29, 0.717) is 13.2 Å². The van der Waals surface area contributed by atoms with Gasteiger partial charge in [0.2, 0.25) is 0 Å². The van der Waals surface area contributed by atoms with E-state index in [1.807, 2.05) is 0 Å². The first-order chi connectivity index (χ1) is 5.81. The minimum Gasteiger partial charge on any atom is -0.328 e. The minimum absolute atomic E-state index is 0. The van der Waals surface area contributed by atoms with E-state index >= 15 is 0 Å². The third-order valence-electron chi connectivity index (χ3n) is 1.40. The summed E-state index contributed by atoms with van der Waals surface area (Å²) in [6, 6.07) is 0. The van der Waals surface area contributed by atoms with Crippen molar-refractivity contribution in [3.63, 3.8) is 0 Å². The summed E-state index contributed by atoms with van der Waals surface area (Å²) in [5, 5.41) is 0. The third-order valence-corrected chi connectivity index (χ3v) is 2.21. The van der Waals surface area contributed by atoms with E-state index in [2.05, 4.69) is 13.8 Å². The molecule has 13 heavy (non-hydrogen) atoms. The van der Waals surface area contributed by atoms with E-state index in [1.165, 1.54) is 0 Å². The molecule has 0 saturated heterocycles. The van der Waals surface area contributed by atoms with Gasteiger partial charge in [-0.2, -0.15) is 0 Å². The second-order valence-corrected chi connectivity index (χ2v) is 3.60.